The predicted molar refractivity (Wildman–Crippen MR) is 73.3 cm³/mol. The van der Waals surface area contributed by atoms with E-state index in [1.807, 2.05) is 0 Å². The maximum Gasteiger partial charge on any atom is 0.403 e. The van der Waals surface area contributed by atoms with E-state index in [9.17, 15) is 19.5 Å². The molecule has 7 nitrogen and oxygen atoms in total. The summed E-state index contributed by atoms with van der Waals surface area (Å²) in [6.45, 7) is 3.30. The highest BCUT2D eigenvalue weighted by atomic mass is 16.5. The molecule has 0 aliphatic rings. The number of phenols is 1. The van der Waals surface area contributed by atoms with Crippen LogP contribution in [0.2, 0.25) is 0 Å². The number of aromatic hydroxyl groups is 1. The number of carbonyl (C=O) groups excluding carboxylic acids is 1. The zero-order chi connectivity index (χ0) is 15.6. The first-order valence-corrected chi connectivity index (χ1v) is 6.16. The van der Waals surface area contributed by atoms with E-state index >= 15 is 0 Å². The topological polar surface area (TPSA) is 110 Å². The molecule has 7 heteroatoms. The van der Waals surface area contributed by atoms with Gasteiger partial charge in [-0.1, -0.05) is 12.1 Å². The van der Waals surface area contributed by atoms with Gasteiger partial charge in [0.2, 0.25) is 0 Å². The molecule has 2 aromatic rings. The van der Waals surface area contributed by atoms with E-state index in [1.165, 1.54) is 24.3 Å². The van der Waals surface area contributed by atoms with Gasteiger partial charge in [0.1, 0.15) is 5.75 Å². The Morgan fingerprint density at radius 3 is 2.43 bits per heavy atom. The number of rotatable bonds is 3. The van der Waals surface area contributed by atoms with Gasteiger partial charge in [-0.25, -0.2) is 14.7 Å². The van der Waals surface area contributed by atoms with Gasteiger partial charge in [-0.15, -0.1) is 0 Å². The quantitative estimate of drug-likeness (QED) is 0.651. The molecule has 0 bridgehead atoms. The maximum absolute atomic E-state index is 12.0. The highest BCUT2D eigenvalue weighted by Gasteiger charge is 2.22. The molecule has 2 N–H and O–H groups in total. The highest BCUT2D eigenvalue weighted by molar-refractivity contribution is 5.94. The van der Waals surface area contributed by atoms with Gasteiger partial charge in [0, 0.05) is 0 Å². The van der Waals surface area contributed by atoms with Crippen molar-refractivity contribution in [2.24, 2.45) is 0 Å². The first-order chi connectivity index (χ1) is 9.90. The molecule has 0 radical (unpaired) electrons. The number of aromatic amines is 1. The summed E-state index contributed by atoms with van der Waals surface area (Å²) in [4.78, 5) is 35.3. The van der Waals surface area contributed by atoms with E-state index in [1.54, 1.807) is 13.8 Å². The number of benzene rings is 1. The van der Waals surface area contributed by atoms with Gasteiger partial charge >= 0.3 is 11.6 Å². The number of phenolic OH excluding ortho intramolecular Hbond substituents is 1. The molecule has 0 saturated heterocycles. The van der Waals surface area contributed by atoms with E-state index in [0.717, 1.165) is 0 Å². The number of H-pyrrole nitrogens is 1. The molecule has 0 fully saturated rings. The maximum atomic E-state index is 12.0. The summed E-state index contributed by atoms with van der Waals surface area (Å²) in [5.41, 5.74) is -2.21. The van der Waals surface area contributed by atoms with Crippen molar-refractivity contribution in [1.82, 2.24) is 5.16 Å². The fourth-order valence-electron chi connectivity index (χ4n) is 1.73. The number of ether oxygens (including phenoxy) is 1. The van der Waals surface area contributed by atoms with Gasteiger partial charge in [-0.3, -0.25) is 4.79 Å². The molecular formula is C14H13NO6. The average Bonchev–Trinajstić information content (AvgIpc) is 2.42. The van der Waals surface area contributed by atoms with Crippen LogP contribution >= 0.6 is 0 Å². The van der Waals surface area contributed by atoms with Crippen molar-refractivity contribution in [3.63, 3.8) is 0 Å². The Labute approximate surface area is 118 Å². The van der Waals surface area contributed by atoms with Crippen LogP contribution < -0.4 is 11.1 Å². The van der Waals surface area contributed by atoms with Crippen LogP contribution in [0.3, 0.4) is 0 Å². The highest BCUT2D eigenvalue weighted by Crippen LogP contribution is 2.21. The molecule has 0 aliphatic carbocycles. The number of hydrogen-bond acceptors (Lipinski definition) is 6. The van der Waals surface area contributed by atoms with Crippen molar-refractivity contribution in [1.29, 1.82) is 0 Å². The van der Waals surface area contributed by atoms with E-state index in [4.69, 9.17) is 4.74 Å². The molecule has 21 heavy (non-hydrogen) atoms. The third kappa shape index (κ3) is 3.02. The number of hydrogen-bond donors (Lipinski definition) is 2. The molecule has 110 valence electrons. The largest absolute Gasteiger partial charge is 0.508 e. The van der Waals surface area contributed by atoms with Crippen molar-refractivity contribution < 1.29 is 19.2 Å². The predicted octanol–water partition coefficient (Wildman–Crippen LogP) is 1.27. The Kier molecular flexibility index (Phi) is 3.93. The summed E-state index contributed by atoms with van der Waals surface area (Å²) in [5.74, 6) is -0.821. The molecule has 0 aliphatic heterocycles. The van der Waals surface area contributed by atoms with Crippen LogP contribution in [0.25, 0.3) is 11.1 Å². The summed E-state index contributed by atoms with van der Waals surface area (Å²) < 4.78 is 9.43. The first-order valence-electron chi connectivity index (χ1n) is 6.16. The molecule has 0 unspecified atom stereocenters. The zero-order valence-electron chi connectivity index (χ0n) is 11.4. The van der Waals surface area contributed by atoms with E-state index in [2.05, 4.69) is 9.68 Å². The monoisotopic (exact) mass is 291 g/mol. The summed E-state index contributed by atoms with van der Waals surface area (Å²) >= 11 is 0. The van der Waals surface area contributed by atoms with Crippen LogP contribution in [-0.2, 0) is 4.74 Å². The Balaban J connectivity index is 2.65. The van der Waals surface area contributed by atoms with Crippen LogP contribution in [0, 0.1) is 0 Å². The van der Waals surface area contributed by atoms with Crippen LogP contribution in [-0.4, -0.2) is 22.3 Å². The fraction of sp³-hybridized carbons (Fsp3) is 0.214. The number of carbonyl (C=O) groups is 1. The van der Waals surface area contributed by atoms with Crippen LogP contribution in [0.1, 0.15) is 24.3 Å². The minimum Gasteiger partial charge on any atom is -0.508 e. The normalized spacial score (nSPS) is 10.6. The van der Waals surface area contributed by atoms with Crippen molar-refractivity contribution in [2.75, 3.05) is 0 Å². The summed E-state index contributed by atoms with van der Waals surface area (Å²) in [6.07, 6.45) is -0.402. The molecule has 0 atom stereocenters. The summed E-state index contributed by atoms with van der Waals surface area (Å²) in [5, 5.41) is 11.4. The SMILES string of the molecule is CC(C)OC(=O)c1[nH]oc(=O)c(=O)c1-c1ccc(O)cc1. The average molecular weight is 291 g/mol. The van der Waals surface area contributed by atoms with Crippen molar-refractivity contribution >= 4 is 5.97 Å². The molecule has 2 rings (SSSR count). The molecule has 0 amide bonds. The van der Waals surface area contributed by atoms with E-state index in [-0.39, 0.29) is 22.6 Å². The standard InChI is InChI=1S/C14H13NO6/c1-7(2)20-13(18)11-10(12(17)14(19)21-15-11)8-3-5-9(16)6-4-8/h3-7,15-16H,1-2H3. The zero-order valence-corrected chi connectivity index (χ0v) is 11.4. The van der Waals surface area contributed by atoms with Crippen LogP contribution in [0.5, 0.6) is 5.75 Å². The lowest BCUT2D eigenvalue weighted by Gasteiger charge is -2.10. The number of aromatic nitrogens is 1. The Morgan fingerprint density at radius 1 is 1.24 bits per heavy atom. The molecule has 1 aromatic carbocycles. The smallest absolute Gasteiger partial charge is 0.403 e. The molecule has 1 heterocycles. The molecule has 1 aromatic heterocycles. The minimum absolute atomic E-state index is 0.00977. The fourth-order valence-corrected chi connectivity index (χ4v) is 1.73. The first kappa shape index (κ1) is 14.6. The summed E-state index contributed by atoms with van der Waals surface area (Å²) in [6, 6.07) is 5.49. The minimum atomic E-state index is -1.13. The lowest BCUT2D eigenvalue weighted by atomic mass is 10.0. The molecule has 0 spiro atoms. The van der Waals surface area contributed by atoms with Gasteiger partial charge in [0.05, 0.1) is 11.7 Å². The van der Waals surface area contributed by atoms with Gasteiger partial charge in [-0.05, 0) is 31.5 Å². The lowest BCUT2D eigenvalue weighted by molar-refractivity contribution is 0.0361. The van der Waals surface area contributed by atoms with Gasteiger partial charge in [-0.2, -0.15) is 0 Å². The molecule has 0 saturated carbocycles. The summed E-state index contributed by atoms with van der Waals surface area (Å²) in [7, 11) is 0. The Bertz CT molecular complexity index is 769. The van der Waals surface area contributed by atoms with Crippen molar-refractivity contribution in [3.8, 4) is 16.9 Å². The second-order valence-electron chi connectivity index (χ2n) is 4.57. The second-order valence-corrected chi connectivity index (χ2v) is 4.57. The van der Waals surface area contributed by atoms with Crippen LogP contribution in [0.4, 0.5) is 0 Å². The lowest BCUT2D eigenvalue weighted by Crippen LogP contribution is -2.29. The number of esters is 1. The molecular weight excluding hydrogens is 278 g/mol. The van der Waals surface area contributed by atoms with Crippen LogP contribution in [0.15, 0.2) is 38.4 Å². The number of nitrogens with one attached hydrogen (secondary N) is 1. The Hall–Kier alpha value is -2.83. The third-order valence-corrected chi connectivity index (χ3v) is 2.61. The van der Waals surface area contributed by atoms with Crippen molar-refractivity contribution in [3.05, 3.63) is 50.6 Å². The van der Waals surface area contributed by atoms with Gasteiger partial charge in [0.25, 0.3) is 5.43 Å². The van der Waals surface area contributed by atoms with E-state index < -0.39 is 23.1 Å². The van der Waals surface area contributed by atoms with Gasteiger partial charge in [0.15, 0.2) is 5.69 Å². The van der Waals surface area contributed by atoms with Gasteiger partial charge < -0.3 is 14.4 Å². The van der Waals surface area contributed by atoms with E-state index in [0.29, 0.717) is 0 Å². The van der Waals surface area contributed by atoms with Crippen molar-refractivity contribution in [2.45, 2.75) is 20.0 Å². The third-order valence-electron chi connectivity index (χ3n) is 2.61. The Morgan fingerprint density at radius 2 is 1.86 bits per heavy atom. The second kappa shape index (κ2) is 5.66.